The number of hydrogen-bond acceptors (Lipinski definition) is 4. The van der Waals surface area contributed by atoms with Crippen LogP contribution in [-0.2, 0) is 0 Å². The van der Waals surface area contributed by atoms with Gasteiger partial charge >= 0.3 is 0 Å². The maximum Gasteiger partial charge on any atom is 0.152 e. The molecular weight excluding hydrogens is 262 g/mol. The molecule has 0 fully saturated rings. The number of rotatable bonds is 2. The molecule has 1 unspecified atom stereocenters. The van der Waals surface area contributed by atoms with E-state index in [0.29, 0.717) is 22.1 Å². The van der Waals surface area contributed by atoms with Gasteiger partial charge in [0, 0.05) is 17.8 Å². The molecule has 4 nitrogen and oxygen atoms in total. The molecule has 0 saturated heterocycles. The van der Waals surface area contributed by atoms with Crippen molar-refractivity contribution < 1.29 is 4.42 Å². The van der Waals surface area contributed by atoms with Crippen molar-refractivity contribution >= 4 is 22.6 Å². The molecule has 19 heavy (non-hydrogen) atoms. The van der Waals surface area contributed by atoms with Crippen LogP contribution in [0.2, 0.25) is 5.02 Å². The third kappa shape index (κ3) is 2.09. The molecule has 1 aromatic carbocycles. The fraction of sp³-hybridized carbons (Fsp3) is 0.143. The Balaban J connectivity index is 2.10. The van der Waals surface area contributed by atoms with E-state index >= 15 is 0 Å². The summed E-state index contributed by atoms with van der Waals surface area (Å²) in [7, 11) is 0. The molecule has 2 N–H and O–H groups in total. The number of para-hydroxylation sites is 1. The number of fused-ring (bicyclic) bond motifs is 1. The van der Waals surface area contributed by atoms with Gasteiger partial charge in [-0.15, -0.1) is 0 Å². The number of aromatic nitrogens is 2. The zero-order valence-corrected chi connectivity index (χ0v) is 11.1. The molecule has 0 aliphatic rings. The maximum atomic E-state index is 6.19. The van der Waals surface area contributed by atoms with Crippen LogP contribution in [0.15, 0.2) is 41.1 Å². The second kappa shape index (κ2) is 4.64. The Morgan fingerprint density at radius 2 is 2.05 bits per heavy atom. The van der Waals surface area contributed by atoms with Crippen molar-refractivity contribution in [1.29, 1.82) is 0 Å². The van der Waals surface area contributed by atoms with Crippen molar-refractivity contribution in [3.63, 3.8) is 0 Å². The summed E-state index contributed by atoms with van der Waals surface area (Å²) >= 11 is 6.09. The van der Waals surface area contributed by atoms with Gasteiger partial charge < -0.3 is 10.2 Å². The molecular formula is C14H12ClN3O. The van der Waals surface area contributed by atoms with E-state index in [2.05, 4.69) is 9.97 Å². The van der Waals surface area contributed by atoms with Gasteiger partial charge in [0.25, 0.3) is 0 Å². The first kappa shape index (κ1) is 12.1. The maximum absolute atomic E-state index is 6.19. The van der Waals surface area contributed by atoms with Crippen LogP contribution in [0.3, 0.4) is 0 Å². The molecule has 2 heterocycles. The SMILES string of the molecule is Cc1nccnc1C(N)c1cc2cccc(Cl)c2o1. The fourth-order valence-electron chi connectivity index (χ4n) is 2.06. The van der Waals surface area contributed by atoms with E-state index in [1.54, 1.807) is 18.5 Å². The van der Waals surface area contributed by atoms with E-state index < -0.39 is 6.04 Å². The van der Waals surface area contributed by atoms with Crippen LogP contribution in [0.1, 0.15) is 23.2 Å². The van der Waals surface area contributed by atoms with Gasteiger partial charge in [-0.2, -0.15) is 0 Å². The first-order valence-electron chi connectivity index (χ1n) is 5.88. The molecule has 0 spiro atoms. The quantitative estimate of drug-likeness (QED) is 0.778. The standard InChI is InChI=1S/C14H12ClN3O/c1-8-13(18-6-5-17-8)12(16)11-7-9-3-2-4-10(15)14(9)19-11/h2-7,12H,16H2,1H3. The van der Waals surface area contributed by atoms with Crippen molar-refractivity contribution in [2.45, 2.75) is 13.0 Å². The number of nitrogens with zero attached hydrogens (tertiary/aromatic N) is 2. The lowest BCUT2D eigenvalue weighted by molar-refractivity contribution is 0.519. The van der Waals surface area contributed by atoms with E-state index in [9.17, 15) is 0 Å². The summed E-state index contributed by atoms with van der Waals surface area (Å²) in [6, 6.07) is 7.04. The molecule has 1 atom stereocenters. The van der Waals surface area contributed by atoms with Gasteiger partial charge in [0.05, 0.1) is 16.4 Å². The molecule has 0 saturated carbocycles. The Morgan fingerprint density at radius 1 is 1.26 bits per heavy atom. The van der Waals surface area contributed by atoms with E-state index in [1.807, 2.05) is 25.1 Å². The first-order valence-corrected chi connectivity index (χ1v) is 6.25. The Morgan fingerprint density at radius 3 is 2.79 bits per heavy atom. The van der Waals surface area contributed by atoms with Gasteiger partial charge in [0.15, 0.2) is 5.58 Å². The lowest BCUT2D eigenvalue weighted by Crippen LogP contribution is -2.14. The normalized spacial score (nSPS) is 12.8. The largest absolute Gasteiger partial charge is 0.457 e. The highest BCUT2D eigenvalue weighted by molar-refractivity contribution is 6.34. The summed E-state index contributed by atoms with van der Waals surface area (Å²) in [5.41, 5.74) is 8.34. The minimum atomic E-state index is -0.447. The average Bonchev–Trinajstić information content (AvgIpc) is 2.84. The molecule has 3 rings (SSSR count). The molecule has 0 aliphatic carbocycles. The van der Waals surface area contributed by atoms with Crippen molar-refractivity contribution in [2.24, 2.45) is 5.73 Å². The van der Waals surface area contributed by atoms with Gasteiger partial charge in [0.2, 0.25) is 0 Å². The van der Waals surface area contributed by atoms with Crippen molar-refractivity contribution in [2.75, 3.05) is 0 Å². The number of halogens is 1. The molecule has 0 aliphatic heterocycles. The van der Waals surface area contributed by atoms with Crippen molar-refractivity contribution in [1.82, 2.24) is 9.97 Å². The predicted molar refractivity (Wildman–Crippen MR) is 74.0 cm³/mol. The summed E-state index contributed by atoms with van der Waals surface area (Å²) in [5, 5.41) is 1.51. The Bertz CT molecular complexity index is 738. The van der Waals surface area contributed by atoms with Gasteiger partial charge in [-0.25, -0.2) is 0 Å². The topological polar surface area (TPSA) is 64.9 Å². The molecule has 96 valence electrons. The second-order valence-electron chi connectivity index (χ2n) is 4.31. The average molecular weight is 274 g/mol. The van der Waals surface area contributed by atoms with Crippen LogP contribution in [0.4, 0.5) is 0 Å². The predicted octanol–water partition coefficient (Wildman–Crippen LogP) is 3.23. The zero-order valence-electron chi connectivity index (χ0n) is 10.3. The summed E-state index contributed by atoms with van der Waals surface area (Å²) in [6.45, 7) is 1.87. The van der Waals surface area contributed by atoms with E-state index in [0.717, 1.165) is 11.1 Å². The highest BCUT2D eigenvalue weighted by atomic mass is 35.5. The van der Waals surface area contributed by atoms with Crippen molar-refractivity contribution in [3.8, 4) is 0 Å². The summed E-state index contributed by atoms with van der Waals surface area (Å²) in [5.74, 6) is 0.631. The van der Waals surface area contributed by atoms with Gasteiger partial charge in [-0.05, 0) is 19.1 Å². The number of nitrogens with two attached hydrogens (primary N) is 1. The zero-order chi connectivity index (χ0) is 13.4. The second-order valence-corrected chi connectivity index (χ2v) is 4.72. The molecule has 0 amide bonds. The molecule has 2 aromatic heterocycles. The lowest BCUT2D eigenvalue weighted by atomic mass is 10.1. The highest BCUT2D eigenvalue weighted by Gasteiger charge is 2.18. The number of aryl methyl sites for hydroxylation is 1. The lowest BCUT2D eigenvalue weighted by Gasteiger charge is -2.09. The Kier molecular flexibility index (Phi) is 2.97. The fourth-order valence-corrected chi connectivity index (χ4v) is 2.28. The van der Waals surface area contributed by atoms with E-state index in [1.165, 1.54) is 0 Å². The van der Waals surface area contributed by atoms with Gasteiger partial charge in [-0.3, -0.25) is 9.97 Å². The van der Waals surface area contributed by atoms with Gasteiger partial charge in [0.1, 0.15) is 11.8 Å². The van der Waals surface area contributed by atoms with E-state index in [4.69, 9.17) is 21.8 Å². The summed E-state index contributed by atoms with van der Waals surface area (Å²) < 4.78 is 5.75. The molecule has 0 bridgehead atoms. The number of hydrogen-bond donors (Lipinski definition) is 1. The van der Waals surface area contributed by atoms with Crippen LogP contribution in [-0.4, -0.2) is 9.97 Å². The van der Waals surface area contributed by atoms with Crippen LogP contribution >= 0.6 is 11.6 Å². The van der Waals surface area contributed by atoms with Crippen molar-refractivity contribution in [3.05, 3.63) is 58.8 Å². The molecule has 0 radical (unpaired) electrons. The monoisotopic (exact) mass is 273 g/mol. The third-order valence-corrected chi connectivity index (χ3v) is 3.33. The van der Waals surface area contributed by atoms with Crippen LogP contribution in [0.5, 0.6) is 0 Å². The minimum Gasteiger partial charge on any atom is -0.457 e. The van der Waals surface area contributed by atoms with Crippen LogP contribution in [0, 0.1) is 6.92 Å². The van der Waals surface area contributed by atoms with Crippen LogP contribution < -0.4 is 5.73 Å². The number of benzene rings is 1. The number of furan rings is 1. The Hall–Kier alpha value is -1.91. The van der Waals surface area contributed by atoms with Crippen LogP contribution in [0.25, 0.3) is 11.0 Å². The van der Waals surface area contributed by atoms with Gasteiger partial charge in [-0.1, -0.05) is 23.7 Å². The first-order chi connectivity index (χ1) is 9.16. The smallest absolute Gasteiger partial charge is 0.152 e. The Labute approximate surface area is 115 Å². The summed E-state index contributed by atoms with van der Waals surface area (Å²) in [4.78, 5) is 8.45. The van der Waals surface area contributed by atoms with E-state index in [-0.39, 0.29) is 0 Å². The minimum absolute atomic E-state index is 0.447. The summed E-state index contributed by atoms with van der Waals surface area (Å²) in [6.07, 6.45) is 3.26. The molecule has 5 heteroatoms. The highest BCUT2D eigenvalue weighted by Crippen LogP contribution is 2.30. The molecule has 3 aromatic rings. The third-order valence-electron chi connectivity index (χ3n) is 3.04.